The molecular formula is C14H22N2O. The zero-order chi connectivity index (χ0) is 12.8. The van der Waals surface area contributed by atoms with Crippen LogP contribution < -0.4 is 10.2 Å². The highest BCUT2D eigenvalue weighted by atomic mass is 16.1. The molecule has 0 aliphatic carbocycles. The summed E-state index contributed by atoms with van der Waals surface area (Å²) >= 11 is 0. The van der Waals surface area contributed by atoms with Gasteiger partial charge in [0.1, 0.15) is 0 Å². The molecule has 1 rings (SSSR count). The first-order chi connectivity index (χ1) is 7.99. The minimum Gasteiger partial charge on any atom is -0.378 e. The lowest BCUT2D eigenvalue weighted by atomic mass is 10.1. The number of nitrogens with one attached hydrogen (secondary N) is 1. The van der Waals surface area contributed by atoms with Crippen molar-refractivity contribution in [1.82, 2.24) is 0 Å². The van der Waals surface area contributed by atoms with Gasteiger partial charge < -0.3 is 10.2 Å². The van der Waals surface area contributed by atoms with Gasteiger partial charge in [0, 0.05) is 31.9 Å². The number of hydrogen-bond acceptors (Lipinski definition) is 2. The third-order valence-corrected chi connectivity index (χ3v) is 2.62. The van der Waals surface area contributed by atoms with E-state index >= 15 is 0 Å². The van der Waals surface area contributed by atoms with Crippen LogP contribution in [0.5, 0.6) is 0 Å². The molecule has 1 aromatic rings. The molecular weight excluding hydrogens is 212 g/mol. The van der Waals surface area contributed by atoms with Crippen molar-refractivity contribution in [2.75, 3.05) is 24.3 Å². The van der Waals surface area contributed by atoms with Crippen LogP contribution in [-0.4, -0.2) is 20.0 Å². The highest BCUT2D eigenvalue weighted by Gasteiger charge is 2.04. The van der Waals surface area contributed by atoms with Crippen molar-refractivity contribution >= 4 is 17.3 Å². The molecule has 1 N–H and O–H groups in total. The zero-order valence-corrected chi connectivity index (χ0v) is 11.2. The minimum atomic E-state index is 0.0938. The van der Waals surface area contributed by atoms with E-state index in [4.69, 9.17) is 0 Å². The Morgan fingerprint density at radius 3 is 2.29 bits per heavy atom. The number of nitrogens with zero attached hydrogens (tertiary/aromatic N) is 1. The second-order valence-electron chi connectivity index (χ2n) is 4.92. The van der Waals surface area contributed by atoms with Gasteiger partial charge in [0.15, 0.2) is 0 Å². The van der Waals surface area contributed by atoms with Crippen LogP contribution in [0.3, 0.4) is 0 Å². The summed E-state index contributed by atoms with van der Waals surface area (Å²) in [6, 6.07) is 7.86. The van der Waals surface area contributed by atoms with E-state index in [1.807, 2.05) is 43.3 Å². The van der Waals surface area contributed by atoms with Crippen LogP contribution in [0.1, 0.15) is 26.7 Å². The average molecular weight is 234 g/mol. The molecule has 0 atom stereocenters. The van der Waals surface area contributed by atoms with Crippen molar-refractivity contribution < 1.29 is 4.79 Å². The SMILES string of the molecule is CC(C)CCC(=O)Nc1ccc(N(C)C)cc1. The van der Waals surface area contributed by atoms with Gasteiger partial charge >= 0.3 is 0 Å². The molecule has 0 saturated heterocycles. The van der Waals surface area contributed by atoms with E-state index in [1.165, 1.54) is 0 Å². The van der Waals surface area contributed by atoms with Crippen LogP contribution in [0.25, 0.3) is 0 Å². The molecule has 3 heteroatoms. The Morgan fingerprint density at radius 2 is 1.82 bits per heavy atom. The van der Waals surface area contributed by atoms with E-state index in [9.17, 15) is 4.79 Å². The van der Waals surface area contributed by atoms with E-state index in [0.29, 0.717) is 12.3 Å². The fourth-order valence-corrected chi connectivity index (χ4v) is 1.49. The smallest absolute Gasteiger partial charge is 0.224 e. The predicted molar refractivity (Wildman–Crippen MR) is 73.5 cm³/mol. The maximum atomic E-state index is 11.6. The number of rotatable bonds is 5. The number of benzene rings is 1. The highest BCUT2D eigenvalue weighted by Crippen LogP contribution is 2.16. The summed E-state index contributed by atoms with van der Waals surface area (Å²) in [6.07, 6.45) is 1.52. The molecule has 17 heavy (non-hydrogen) atoms. The van der Waals surface area contributed by atoms with Crippen LogP contribution in [-0.2, 0) is 4.79 Å². The van der Waals surface area contributed by atoms with Gasteiger partial charge in [-0.3, -0.25) is 4.79 Å². The van der Waals surface area contributed by atoms with Crippen molar-refractivity contribution in [2.24, 2.45) is 5.92 Å². The van der Waals surface area contributed by atoms with Crippen molar-refractivity contribution in [3.63, 3.8) is 0 Å². The Morgan fingerprint density at radius 1 is 1.24 bits per heavy atom. The van der Waals surface area contributed by atoms with Crippen LogP contribution in [0, 0.1) is 5.92 Å². The highest BCUT2D eigenvalue weighted by molar-refractivity contribution is 5.90. The van der Waals surface area contributed by atoms with Crippen LogP contribution in [0.15, 0.2) is 24.3 Å². The largest absolute Gasteiger partial charge is 0.378 e. The Balaban J connectivity index is 2.48. The summed E-state index contributed by atoms with van der Waals surface area (Å²) in [5.74, 6) is 0.660. The summed E-state index contributed by atoms with van der Waals surface area (Å²) in [6.45, 7) is 4.25. The van der Waals surface area contributed by atoms with E-state index in [1.54, 1.807) is 0 Å². The van der Waals surface area contributed by atoms with Crippen LogP contribution in [0.2, 0.25) is 0 Å². The second kappa shape index (κ2) is 6.28. The van der Waals surface area contributed by atoms with Gasteiger partial charge in [0.05, 0.1) is 0 Å². The third kappa shape index (κ3) is 4.89. The Kier molecular flexibility index (Phi) is 5.01. The summed E-state index contributed by atoms with van der Waals surface area (Å²) in [7, 11) is 3.99. The molecule has 0 fully saturated rings. The molecule has 94 valence electrons. The topological polar surface area (TPSA) is 32.3 Å². The van der Waals surface area contributed by atoms with Gasteiger partial charge in [-0.25, -0.2) is 0 Å². The molecule has 0 saturated carbocycles. The van der Waals surface area contributed by atoms with Crippen molar-refractivity contribution in [3.05, 3.63) is 24.3 Å². The Labute approximate surface area is 104 Å². The lowest BCUT2D eigenvalue weighted by molar-refractivity contribution is -0.116. The molecule has 1 aromatic carbocycles. The molecule has 0 radical (unpaired) electrons. The average Bonchev–Trinajstić information content (AvgIpc) is 2.27. The van der Waals surface area contributed by atoms with Crippen molar-refractivity contribution in [3.8, 4) is 0 Å². The fraction of sp³-hybridized carbons (Fsp3) is 0.500. The molecule has 0 heterocycles. The predicted octanol–water partition coefficient (Wildman–Crippen LogP) is 3.13. The monoisotopic (exact) mass is 234 g/mol. The molecule has 1 amide bonds. The number of carbonyl (C=O) groups is 1. The van der Waals surface area contributed by atoms with Gasteiger partial charge in [-0.15, -0.1) is 0 Å². The van der Waals surface area contributed by atoms with Gasteiger partial charge in [-0.2, -0.15) is 0 Å². The first kappa shape index (κ1) is 13.6. The van der Waals surface area contributed by atoms with Gasteiger partial charge in [0.2, 0.25) is 5.91 Å². The van der Waals surface area contributed by atoms with Crippen molar-refractivity contribution in [1.29, 1.82) is 0 Å². The van der Waals surface area contributed by atoms with E-state index in [2.05, 4.69) is 19.2 Å². The Bertz CT molecular complexity index is 355. The third-order valence-electron chi connectivity index (χ3n) is 2.62. The minimum absolute atomic E-state index is 0.0938. The number of amides is 1. The second-order valence-corrected chi connectivity index (χ2v) is 4.92. The first-order valence-corrected chi connectivity index (χ1v) is 6.06. The molecule has 0 aliphatic heterocycles. The summed E-state index contributed by atoms with van der Waals surface area (Å²) in [5.41, 5.74) is 1.99. The number of carbonyl (C=O) groups excluding carboxylic acids is 1. The Hall–Kier alpha value is -1.51. The summed E-state index contributed by atoms with van der Waals surface area (Å²) in [5, 5.41) is 2.91. The standard InChI is InChI=1S/C14H22N2O/c1-11(2)5-10-14(17)15-12-6-8-13(9-7-12)16(3)4/h6-9,11H,5,10H2,1-4H3,(H,15,17). The lowest BCUT2D eigenvalue weighted by Crippen LogP contribution is -2.12. The van der Waals surface area contributed by atoms with Gasteiger partial charge in [-0.05, 0) is 36.6 Å². The maximum absolute atomic E-state index is 11.6. The quantitative estimate of drug-likeness (QED) is 0.849. The zero-order valence-electron chi connectivity index (χ0n) is 11.2. The molecule has 3 nitrogen and oxygen atoms in total. The molecule has 0 bridgehead atoms. The van der Waals surface area contributed by atoms with Gasteiger partial charge in [0.25, 0.3) is 0 Å². The normalized spacial score (nSPS) is 10.4. The van der Waals surface area contributed by atoms with E-state index < -0.39 is 0 Å². The van der Waals surface area contributed by atoms with E-state index in [-0.39, 0.29) is 5.91 Å². The fourth-order valence-electron chi connectivity index (χ4n) is 1.49. The number of hydrogen-bond donors (Lipinski definition) is 1. The lowest BCUT2D eigenvalue weighted by Gasteiger charge is -2.13. The van der Waals surface area contributed by atoms with Crippen LogP contribution >= 0.6 is 0 Å². The molecule has 0 spiro atoms. The maximum Gasteiger partial charge on any atom is 0.224 e. The molecule has 0 aliphatic rings. The number of anilines is 2. The van der Waals surface area contributed by atoms with Crippen molar-refractivity contribution in [2.45, 2.75) is 26.7 Å². The first-order valence-electron chi connectivity index (χ1n) is 6.06. The van der Waals surface area contributed by atoms with Gasteiger partial charge in [-0.1, -0.05) is 13.8 Å². The van der Waals surface area contributed by atoms with Crippen LogP contribution in [0.4, 0.5) is 11.4 Å². The molecule has 0 aromatic heterocycles. The van der Waals surface area contributed by atoms with E-state index in [0.717, 1.165) is 17.8 Å². The molecule has 0 unspecified atom stereocenters. The summed E-state index contributed by atoms with van der Waals surface area (Å²) < 4.78 is 0. The summed E-state index contributed by atoms with van der Waals surface area (Å²) in [4.78, 5) is 13.6.